The summed E-state index contributed by atoms with van der Waals surface area (Å²) in [6.07, 6.45) is -0.384. The fourth-order valence-electron chi connectivity index (χ4n) is 7.42. The van der Waals surface area contributed by atoms with Crippen molar-refractivity contribution in [1.29, 1.82) is 0 Å². The third-order valence-electron chi connectivity index (χ3n) is 10.3. The summed E-state index contributed by atoms with van der Waals surface area (Å²) in [5.74, 6) is -5.62. The quantitative estimate of drug-likeness (QED) is 0.0548. The summed E-state index contributed by atoms with van der Waals surface area (Å²) in [6.45, 7) is 14.5. The van der Waals surface area contributed by atoms with Gasteiger partial charge in [-0.15, -0.1) is 0 Å². The van der Waals surface area contributed by atoms with Crippen LogP contribution in [0.5, 0.6) is 0 Å². The first kappa shape index (κ1) is 56.1. The van der Waals surface area contributed by atoms with Crippen molar-refractivity contribution in [2.45, 2.75) is 143 Å². The number of hydrogen-bond donors (Lipinski definition) is 6. The predicted octanol–water partition coefficient (Wildman–Crippen LogP) is 4.95. The third kappa shape index (κ3) is 18.5. The number of aromatic nitrogens is 1. The molecule has 4 atom stereocenters. The standard InChI is InChI=1S/C49H69F2N7O10/c1-47(2,3)43(38-24-31(33-25-32(50)17-18-34(33)51)28-57(38)27-30-14-11-10-12-15-30)58(41(62)29-59)23-21-37(55-44(64)35(52)26-40(53)61)45(65)54-22-13-16-39(60)36(56-46(66)68-49(7,8)9)19-20-42(63)67-48(4,5)6/h10-12,14-15,17-18,24-25,28,35-37,43,59H,13,16,19-23,26-27,29,52H2,1-9H3,(H2,53,61)(H,54,65)(H,55,64)(H,56,66)/t35-,36+,37-,43-/m0/s1. The summed E-state index contributed by atoms with van der Waals surface area (Å²) in [7, 11) is 0. The van der Waals surface area contributed by atoms with Gasteiger partial charge in [0.2, 0.25) is 23.6 Å². The normalized spacial score (nSPS) is 13.6. The van der Waals surface area contributed by atoms with E-state index < -0.39 is 107 Å². The van der Waals surface area contributed by atoms with E-state index in [4.69, 9.17) is 20.9 Å². The van der Waals surface area contributed by atoms with E-state index in [0.717, 1.165) is 23.8 Å². The fourth-order valence-corrected chi connectivity index (χ4v) is 7.42. The number of ketones is 1. The number of rotatable bonds is 23. The molecule has 0 spiro atoms. The van der Waals surface area contributed by atoms with Crippen LogP contribution in [0.3, 0.4) is 0 Å². The van der Waals surface area contributed by atoms with Crippen LogP contribution in [0.2, 0.25) is 0 Å². The molecule has 5 amide bonds. The first-order chi connectivity index (χ1) is 31.6. The van der Waals surface area contributed by atoms with Crippen LogP contribution in [0.4, 0.5) is 13.6 Å². The molecule has 0 aliphatic carbocycles. The lowest BCUT2D eigenvalue weighted by Gasteiger charge is -2.41. The van der Waals surface area contributed by atoms with Crippen LogP contribution >= 0.6 is 0 Å². The zero-order valence-corrected chi connectivity index (χ0v) is 40.6. The maximum atomic E-state index is 15.3. The highest BCUT2D eigenvalue weighted by atomic mass is 19.1. The molecule has 2 aromatic carbocycles. The monoisotopic (exact) mass is 954 g/mol. The number of carbonyl (C=O) groups is 7. The number of aliphatic hydroxyl groups is 1. The van der Waals surface area contributed by atoms with Crippen molar-refractivity contribution in [3.63, 3.8) is 0 Å². The van der Waals surface area contributed by atoms with Gasteiger partial charge in [-0.05, 0) is 96.0 Å². The Bertz CT molecular complexity index is 2230. The van der Waals surface area contributed by atoms with Crippen LogP contribution in [-0.2, 0) is 44.8 Å². The summed E-state index contributed by atoms with van der Waals surface area (Å²) >= 11 is 0. The van der Waals surface area contributed by atoms with E-state index in [9.17, 15) is 43.1 Å². The van der Waals surface area contributed by atoms with E-state index in [0.29, 0.717) is 11.3 Å². The predicted molar refractivity (Wildman–Crippen MR) is 250 cm³/mol. The first-order valence-electron chi connectivity index (χ1n) is 22.5. The van der Waals surface area contributed by atoms with Gasteiger partial charge in [-0.2, -0.15) is 0 Å². The van der Waals surface area contributed by atoms with Gasteiger partial charge in [0.1, 0.15) is 35.5 Å². The van der Waals surface area contributed by atoms with Gasteiger partial charge in [-0.1, -0.05) is 51.1 Å². The molecule has 68 heavy (non-hydrogen) atoms. The number of aliphatic hydroxyl groups excluding tert-OH is 1. The molecule has 1 heterocycles. The van der Waals surface area contributed by atoms with Crippen LogP contribution < -0.4 is 27.4 Å². The van der Waals surface area contributed by atoms with E-state index in [-0.39, 0.29) is 57.3 Å². The van der Waals surface area contributed by atoms with Gasteiger partial charge >= 0.3 is 12.1 Å². The minimum atomic E-state index is -1.43. The molecule has 0 unspecified atom stereocenters. The maximum absolute atomic E-state index is 15.3. The molecule has 0 saturated heterocycles. The SMILES string of the molecule is CC(C)(C)OC(=O)CC[C@@H](NC(=O)OC(C)(C)C)C(=O)CCCNC(=O)[C@H](CCN(C(=O)CO)[C@@H](c1cc(-c2cc(F)ccc2F)cn1Cc1ccccc1)C(C)(C)C)NC(=O)[C@@H](N)CC(N)=O. The van der Waals surface area contributed by atoms with E-state index in [1.165, 1.54) is 4.90 Å². The number of halogens is 2. The van der Waals surface area contributed by atoms with Crippen molar-refractivity contribution in [2.75, 3.05) is 19.7 Å². The van der Waals surface area contributed by atoms with Crippen molar-refractivity contribution >= 4 is 41.5 Å². The molecule has 3 aromatic rings. The Hall–Kier alpha value is -6.21. The highest BCUT2D eigenvalue weighted by molar-refractivity contribution is 5.92. The lowest BCUT2D eigenvalue weighted by Crippen LogP contribution is -2.54. The van der Waals surface area contributed by atoms with Gasteiger partial charge < -0.3 is 51.5 Å². The van der Waals surface area contributed by atoms with Crippen molar-refractivity contribution in [2.24, 2.45) is 16.9 Å². The molecule has 0 aliphatic rings. The Morgan fingerprint density at radius 1 is 0.809 bits per heavy atom. The molecule has 0 saturated carbocycles. The average molecular weight is 954 g/mol. The van der Waals surface area contributed by atoms with Gasteiger partial charge in [0.25, 0.3) is 0 Å². The first-order valence-corrected chi connectivity index (χ1v) is 22.5. The van der Waals surface area contributed by atoms with E-state index in [1.807, 2.05) is 55.7 Å². The van der Waals surface area contributed by atoms with Crippen LogP contribution in [0, 0.1) is 17.0 Å². The fraction of sp³-hybridized carbons (Fsp3) is 0.531. The summed E-state index contributed by atoms with van der Waals surface area (Å²) in [6, 6.07) is 9.20. The number of alkyl carbamates (subject to hydrolysis) is 1. The topological polar surface area (TPSA) is 254 Å². The number of carbonyl (C=O) groups excluding carboxylic acids is 7. The molecule has 17 nitrogen and oxygen atoms in total. The average Bonchev–Trinajstić information content (AvgIpc) is 3.62. The minimum Gasteiger partial charge on any atom is -0.460 e. The number of nitrogens with one attached hydrogen (secondary N) is 3. The van der Waals surface area contributed by atoms with Crippen LogP contribution in [0.15, 0.2) is 60.8 Å². The highest BCUT2D eigenvalue weighted by Crippen LogP contribution is 2.41. The molecular formula is C49H69F2N7O10. The lowest BCUT2D eigenvalue weighted by molar-refractivity contribution is -0.155. The summed E-state index contributed by atoms with van der Waals surface area (Å²) in [5, 5.41) is 18.1. The second-order valence-corrected chi connectivity index (χ2v) is 19.7. The Balaban J connectivity index is 1.94. The number of amides is 5. The zero-order valence-electron chi connectivity index (χ0n) is 40.6. The molecule has 374 valence electrons. The zero-order chi connectivity index (χ0) is 51.1. The molecular weight excluding hydrogens is 885 g/mol. The van der Waals surface area contributed by atoms with Crippen molar-refractivity contribution < 1.29 is 56.9 Å². The van der Waals surface area contributed by atoms with Gasteiger partial charge in [-0.3, -0.25) is 28.8 Å². The van der Waals surface area contributed by atoms with Crippen molar-refractivity contribution in [1.82, 2.24) is 25.4 Å². The van der Waals surface area contributed by atoms with Crippen LogP contribution in [-0.4, -0.2) is 105 Å². The smallest absolute Gasteiger partial charge is 0.408 e. The molecule has 3 rings (SSSR count). The maximum Gasteiger partial charge on any atom is 0.408 e. The van der Waals surface area contributed by atoms with Gasteiger partial charge in [0.15, 0.2) is 5.78 Å². The lowest BCUT2D eigenvalue weighted by atomic mass is 9.82. The molecule has 0 fully saturated rings. The number of esters is 1. The molecule has 0 bridgehead atoms. The van der Waals surface area contributed by atoms with E-state index in [2.05, 4.69) is 16.0 Å². The molecule has 19 heteroatoms. The third-order valence-corrected chi connectivity index (χ3v) is 10.3. The summed E-state index contributed by atoms with van der Waals surface area (Å²) in [5.41, 5.74) is 10.4. The number of benzene rings is 2. The van der Waals surface area contributed by atoms with Crippen molar-refractivity contribution in [3.8, 4) is 11.1 Å². The van der Waals surface area contributed by atoms with Gasteiger partial charge in [-0.25, -0.2) is 13.6 Å². The molecule has 0 radical (unpaired) electrons. The number of Topliss-reactive ketones (excluding diaryl/α,β-unsaturated/α-hetero) is 1. The Morgan fingerprint density at radius 2 is 1.46 bits per heavy atom. The second kappa shape index (κ2) is 24.7. The summed E-state index contributed by atoms with van der Waals surface area (Å²) < 4.78 is 42.3. The van der Waals surface area contributed by atoms with Gasteiger partial charge in [0, 0.05) is 55.5 Å². The number of nitrogens with two attached hydrogens (primary N) is 2. The molecule has 8 N–H and O–H groups in total. The van der Waals surface area contributed by atoms with Crippen LogP contribution in [0.1, 0.15) is 118 Å². The number of primary amides is 1. The number of ether oxygens (including phenoxy) is 2. The Kier molecular flexibility index (Phi) is 20.4. The van der Waals surface area contributed by atoms with E-state index >= 15 is 4.39 Å². The molecule has 0 aliphatic heterocycles. The second-order valence-electron chi connectivity index (χ2n) is 19.7. The largest absolute Gasteiger partial charge is 0.460 e. The Labute approximate surface area is 397 Å². The van der Waals surface area contributed by atoms with Crippen LogP contribution in [0.25, 0.3) is 11.1 Å². The minimum absolute atomic E-state index is 0.0187. The molecule has 1 aromatic heterocycles. The highest BCUT2D eigenvalue weighted by Gasteiger charge is 2.38. The van der Waals surface area contributed by atoms with Gasteiger partial charge in [0.05, 0.1) is 24.5 Å². The Morgan fingerprint density at radius 3 is 2.04 bits per heavy atom. The number of hydrogen-bond acceptors (Lipinski definition) is 11. The summed E-state index contributed by atoms with van der Waals surface area (Å²) in [4.78, 5) is 92.7. The van der Waals surface area contributed by atoms with Crippen molar-refractivity contribution in [3.05, 3.63) is 83.7 Å². The number of nitrogens with zero attached hydrogens (tertiary/aromatic N) is 2. The van der Waals surface area contributed by atoms with E-state index in [1.54, 1.807) is 53.8 Å².